The SMILES string of the molecule is O=C1N[C@@H](Cc2c[nH]c3ccccc23)C(O)N[C@@H](Cc2ccccc2)C(=O)N2C[C@@H](O)C[C@@H]2C(=O)N[C@H]1Cc1ccccc1. The van der Waals surface area contributed by atoms with E-state index >= 15 is 0 Å². The van der Waals surface area contributed by atoms with Gasteiger partial charge in [0.15, 0.2) is 0 Å². The van der Waals surface area contributed by atoms with Crippen LogP contribution in [0.15, 0.2) is 91.1 Å². The van der Waals surface area contributed by atoms with Crippen LogP contribution in [0.25, 0.3) is 10.9 Å². The topological polar surface area (TPSA) is 147 Å². The van der Waals surface area contributed by atoms with Crippen LogP contribution in [0.5, 0.6) is 0 Å². The molecule has 2 fully saturated rings. The first-order chi connectivity index (χ1) is 21.4. The van der Waals surface area contributed by atoms with Gasteiger partial charge < -0.3 is 30.7 Å². The van der Waals surface area contributed by atoms with Crippen molar-refractivity contribution in [3.63, 3.8) is 0 Å². The third kappa shape index (κ3) is 6.52. The first-order valence-corrected chi connectivity index (χ1v) is 15.0. The summed E-state index contributed by atoms with van der Waals surface area (Å²) in [6, 6.07) is 22.8. The molecule has 1 unspecified atom stereocenters. The molecule has 6 atom stereocenters. The Morgan fingerprint density at radius 3 is 2.07 bits per heavy atom. The van der Waals surface area contributed by atoms with Crippen molar-refractivity contribution in [2.75, 3.05) is 6.54 Å². The van der Waals surface area contributed by atoms with Crippen LogP contribution in [0.4, 0.5) is 0 Å². The molecule has 10 heteroatoms. The second-order valence-corrected chi connectivity index (χ2v) is 11.7. The lowest BCUT2D eigenvalue weighted by molar-refractivity contribution is -0.142. The Morgan fingerprint density at radius 1 is 0.727 bits per heavy atom. The summed E-state index contributed by atoms with van der Waals surface area (Å²) >= 11 is 0. The van der Waals surface area contributed by atoms with Crippen molar-refractivity contribution >= 4 is 28.6 Å². The average Bonchev–Trinajstić information content (AvgIpc) is 3.63. The molecule has 3 aromatic carbocycles. The minimum Gasteiger partial charge on any atom is -0.391 e. The first-order valence-electron chi connectivity index (χ1n) is 15.0. The number of aromatic nitrogens is 1. The number of aromatic amines is 1. The molecule has 2 aliphatic heterocycles. The second-order valence-electron chi connectivity index (χ2n) is 11.7. The predicted octanol–water partition coefficient (Wildman–Crippen LogP) is 1.42. The van der Waals surface area contributed by atoms with E-state index in [1.807, 2.05) is 91.1 Å². The number of hydrogen-bond acceptors (Lipinski definition) is 6. The highest BCUT2D eigenvalue weighted by Gasteiger charge is 2.43. The molecular weight excluding hydrogens is 558 g/mol. The van der Waals surface area contributed by atoms with E-state index in [0.29, 0.717) is 0 Å². The average molecular weight is 596 g/mol. The number of carbonyl (C=O) groups excluding carboxylic acids is 3. The lowest BCUT2D eigenvalue weighted by Gasteiger charge is -2.35. The zero-order valence-corrected chi connectivity index (χ0v) is 24.2. The predicted molar refractivity (Wildman–Crippen MR) is 165 cm³/mol. The summed E-state index contributed by atoms with van der Waals surface area (Å²) in [5.41, 5.74) is 3.51. The zero-order valence-electron chi connectivity index (χ0n) is 24.2. The van der Waals surface area contributed by atoms with Crippen molar-refractivity contribution in [2.24, 2.45) is 0 Å². The maximum absolute atomic E-state index is 14.1. The van der Waals surface area contributed by atoms with Gasteiger partial charge in [0, 0.05) is 36.5 Å². The Hall–Kier alpha value is -4.51. The van der Waals surface area contributed by atoms with Crippen LogP contribution in [0.2, 0.25) is 0 Å². The van der Waals surface area contributed by atoms with Gasteiger partial charge in [-0.1, -0.05) is 78.9 Å². The summed E-state index contributed by atoms with van der Waals surface area (Å²) in [7, 11) is 0. The van der Waals surface area contributed by atoms with Gasteiger partial charge in [-0.3, -0.25) is 19.7 Å². The summed E-state index contributed by atoms with van der Waals surface area (Å²) in [5, 5.41) is 32.2. The van der Waals surface area contributed by atoms with E-state index in [2.05, 4.69) is 20.9 Å². The van der Waals surface area contributed by atoms with Crippen molar-refractivity contribution in [1.29, 1.82) is 0 Å². The number of rotatable bonds is 6. The Kier molecular flexibility index (Phi) is 8.74. The number of hydrogen-bond donors (Lipinski definition) is 6. The summed E-state index contributed by atoms with van der Waals surface area (Å²) < 4.78 is 0. The van der Waals surface area contributed by atoms with Gasteiger partial charge in [-0.05, 0) is 35.6 Å². The number of aliphatic hydroxyl groups is 2. The smallest absolute Gasteiger partial charge is 0.243 e. The standard InChI is InChI=1S/C34H37N5O5/c40-24-18-30-33(43)37-27(15-21-9-3-1-4-10-21)31(41)36-28(17-23-19-35-26-14-8-7-13-25(23)26)32(42)38-29(34(44)39(30)20-24)16-22-11-5-2-6-12-22/h1-14,19,24,27-30,32,35,38,40,42H,15-18,20H2,(H,36,41)(H,37,43)/t24-,27-,28-,29-,30+,32?/m0/s1. The van der Waals surface area contributed by atoms with Gasteiger partial charge in [0.25, 0.3) is 0 Å². The molecule has 0 radical (unpaired) electrons. The van der Waals surface area contributed by atoms with Crippen LogP contribution < -0.4 is 16.0 Å². The molecule has 1 aromatic heterocycles. The van der Waals surface area contributed by atoms with E-state index in [9.17, 15) is 24.6 Å². The second kappa shape index (κ2) is 13.0. The van der Waals surface area contributed by atoms with Crippen LogP contribution in [0.1, 0.15) is 23.1 Å². The molecule has 2 aliphatic rings. The largest absolute Gasteiger partial charge is 0.391 e. The number of aliphatic hydroxyl groups excluding tert-OH is 2. The molecule has 0 saturated carbocycles. The number of carbonyl (C=O) groups is 3. The van der Waals surface area contributed by atoms with Crippen molar-refractivity contribution in [3.05, 3.63) is 108 Å². The van der Waals surface area contributed by atoms with Crippen molar-refractivity contribution in [3.8, 4) is 0 Å². The van der Waals surface area contributed by atoms with Gasteiger partial charge in [0.05, 0.1) is 18.2 Å². The summed E-state index contributed by atoms with van der Waals surface area (Å²) in [4.78, 5) is 46.3. The minimum atomic E-state index is -1.32. The number of nitrogens with one attached hydrogen (secondary N) is 4. The molecule has 10 nitrogen and oxygen atoms in total. The molecule has 0 aliphatic carbocycles. The fourth-order valence-corrected chi connectivity index (χ4v) is 6.29. The molecule has 2 saturated heterocycles. The quantitative estimate of drug-likeness (QED) is 0.199. The minimum absolute atomic E-state index is 0.0195. The maximum atomic E-state index is 14.1. The van der Waals surface area contributed by atoms with Crippen LogP contribution in [-0.2, 0) is 33.6 Å². The monoisotopic (exact) mass is 595 g/mol. The van der Waals surface area contributed by atoms with Crippen molar-refractivity contribution < 1.29 is 24.6 Å². The van der Waals surface area contributed by atoms with Crippen LogP contribution >= 0.6 is 0 Å². The molecule has 228 valence electrons. The van der Waals surface area contributed by atoms with Gasteiger partial charge in [-0.25, -0.2) is 0 Å². The lowest BCUT2D eigenvalue weighted by Crippen LogP contribution is -2.63. The number of fused-ring (bicyclic) bond motifs is 2. The highest BCUT2D eigenvalue weighted by atomic mass is 16.3. The fraction of sp³-hybridized carbons (Fsp3) is 0.324. The maximum Gasteiger partial charge on any atom is 0.243 e. The highest BCUT2D eigenvalue weighted by molar-refractivity contribution is 5.94. The van der Waals surface area contributed by atoms with E-state index in [1.165, 1.54) is 4.90 Å². The molecule has 4 aromatic rings. The number of benzene rings is 3. The highest BCUT2D eigenvalue weighted by Crippen LogP contribution is 2.23. The van der Waals surface area contributed by atoms with Gasteiger partial charge in [-0.15, -0.1) is 0 Å². The molecule has 0 bridgehead atoms. The van der Waals surface area contributed by atoms with Gasteiger partial charge >= 0.3 is 0 Å². The molecule has 6 rings (SSSR count). The van der Waals surface area contributed by atoms with Crippen molar-refractivity contribution in [1.82, 2.24) is 25.8 Å². The molecule has 3 heterocycles. The Morgan fingerprint density at radius 2 is 1.36 bits per heavy atom. The number of para-hydroxylation sites is 1. The van der Waals surface area contributed by atoms with Crippen LogP contribution in [-0.4, -0.2) is 80.9 Å². The van der Waals surface area contributed by atoms with E-state index in [0.717, 1.165) is 27.6 Å². The summed E-state index contributed by atoms with van der Waals surface area (Å²) in [6.07, 6.45) is 0.408. The van der Waals surface area contributed by atoms with Crippen LogP contribution in [0.3, 0.4) is 0 Å². The zero-order chi connectivity index (χ0) is 30.6. The molecule has 6 N–H and O–H groups in total. The third-order valence-electron chi connectivity index (χ3n) is 8.56. The number of nitrogens with zero attached hydrogens (tertiary/aromatic N) is 1. The van der Waals surface area contributed by atoms with Gasteiger partial charge in [0.1, 0.15) is 18.3 Å². The fourth-order valence-electron chi connectivity index (χ4n) is 6.29. The Labute approximate surface area is 255 Å². The third-order valence-corrected chi connectivity index (χ3v) is 8.56. The lowest BCUT2D eigenvalue weighted by atomic mass is 9.99. The normalized spacial score (nSPS) is 26.4. The van der Waals surface area contributed by atoms with Crippen LogP contribution in [0, 0.1) is 0 Å². The summed E-state index contributed by atoms with van der Waals surface area (Å²) in [5.74, 6) is -1.36. The van der Waals surface area contributed by atoms with E-state index in [-0.39, 0.29) is 32.2 Å². The number of H-pyrrole nitrogens is 1. The van der Waals surface area contributed by atoms with Crippen molar-refractivity contribution in [2.45, 2.75) is 62.2 Å². The Bertz CT molecular complexity index is 1610. The van der Waals surface area contributed by atoms with Gasteiger partial charge in [0.2, 0.25) is 17.7 Å². The van der Waals surface area contributed by atoms with E-state index in [1.54, 1.807) is 0 Å². The molecule has 44 heavy (non-hydrogen) atoms. The molecule has 3 amide bonds. The summed E-state index contributed by atoms with van der Waals surface area (Å²) in [6.45, 7) is -0.0195. The molecular formula is C34H37N5O5. The number of amides is 3. The van der Waals surface area contributed by atoms with Gasteiger partial charge in [-0.2, -0.15) is 0 Å². The molecule has 0 spiro atoms. The first kappa shape index (κ1) is 29.6. The Balaban J connectivity index is 1.37. The van der Waals surface area contributed by atoms with E-state index in [4.69, 9.17) is 0 Å². The van der Waals surface area contributed by atoms with E-state index < -0.39 is 54.2 Å².